The van der Waals surface area contributed by atoms with Gasteiger partial charge in [0.1, 0.15) is 0 Å². The Bertz CT molecular complexity index is 33.2. The van der Waals surface area contributed by atoms with E-state index in [9.17, 15) is 0 Å². The fourth-order valence-electron chi connectivity index (χ4n) is 0.285. The summed E-state index contributed by atoms with van der Waals surface area (Å²) in [5.74, 6) is 0. The lowest BCUT2D eigenvalue weighted by atomic mass is 10.4. The van der Waals surface area contributed by atoms with Crippen LogP contribution in [0.25, 0.3) is 0 Å². The van der Waals surface area contributed by atoms with Crippen LogP contribution in [-0.2, 0) is 4.74 Å². The van der Waals surface area contributed by atoms with Gasteiger partial charge in [-0.1, -0.05) is 6.92 Å². The SMILES string of the molecule is [CH2]C([CH2])OCCC. The molecule has 1 heteroatoms. The number of ether oxygens (including phenoxy) is 1. The maximum Gasteiger partial charge on any atom is 0.0577 e. The summed E-state index contributed by atoms with van der Waals surface area (Å²) in [6.07, 6.45) is 0.946. The average molecular weight is 100 g/mol. The molecule has 2 radical (unpaired) electrons. The topological polar surface area (TPSA) is 9.23 Å². The summed E-state index contributed by atoms with van der Waals surface area (Å²) in [4.78, 5) is 0. The van der Waals surface area contributed by atoms with Crippen molar-refractivity contribution >= 4 is 0 Å². The van der Waals surface area contributed by atoms with Crippen LogP contribution in [0.3, 0.4) is 0 Å². The van der Waals surface area contributed by atoms with Crippen LogP contribution in [0.5, 0.6) is 0 Å². The fourth-order valence-corrected chi connectivity index (χ4v) is 0.285. The van der Waals surface area contributed by atoms with Crippen molar-refractivity contribution in [2.75, 3.05) is 6.61 Å². The zero-order valence-electron chi connectivity index (χ0n) is 4.81. The Morgan fingerprint density at radius 2 is 2.14 bits per heavy atom. The van der Waals surface area contributed by atoms with Gasteiger partial charge in [-0.2, -0.15) is 0 Å². The molecule has 0 aliphatic carbocycles. The van der Waals surface area contributed by atoms with Crippen LogP contribution in [0.4, 0.5) is 0 Å². The van der Waals surface area contributed by atoms with Crippen molar-refractivity contribution < 1.29 is 4.74 Å². The quantitative estimate of drug-likeness (QED) is 0.521. The first-order valence-corrected chi connectivity index (χ1v) is 2.55. The third-order valence-corrected chi connectivity index (χ3v) is 0.558. The molecule has 0 aromatic rings. The predicted octanol–water partition coefficient (Wildman–Crippen LogP) is 1.45. The summed E-state index contributed by atoms with van der Waals surface area (Å²) in [6.45, 7) is 9.92. The van der Waals surface area contributed by atoms with E-state index in [-0.39, 0.29) is 6.10 Å². The largest absolute Gasteiger partial charge is 0.378 e. The summed E-state index contributed by atoms with van der Waals surface area (Å²) in [6, 6.07) is 0. The van der Waals surface area contributed by atoms with Crippen LogP contribution < -0.4 is 0 Å². The van der Waals surface area contributed by atoms with Crippen LogP contribution in [-0.4, -0.2) is 12.7 Å². The second-order valence-electron chi connectivity index (χ2n) is 1.49. The Hall–Kier alpha value is -0.0400. The molecule has 0 aliphatic heterocycles. The highest BCUT2D eigenvalue weighted by atomic mass is 16.5. The van der Waals surface area contributed by atoms with E-state index in [1.807, 2.05) is 0 Å². The molecule has 0 rings (SSSR count). The summed E-state index contributed by atoms with van der Waals surface area (Å²) < 4.78 is 4.97. The second kappa shape index (κ2) is 4.13. The zero-order chi connectivity index (χ0) is 5.70. The van der Waals surface area contributed by atoms with Crippen LogP contribution >= 0.6 is 0 Å². The highest BCUT2D eigenvalue weighted by Crippen LogP contribution is 1.86. The molecule has 0 saturated heterocycles. The van der Waals surface area contributed by atoms with E-state index in [1.165, 1.54) is 0 Å². The third kappa shape index (κ3) is 5.96. The molecule has 0 atom stereocenters. The van der Waals surface area contributed by atoms with Gasteiger partial charge in [-0.15, -0.1) is 0 Å². The van der Waals surface area contributed by atoms with Crippen LogP contribution in [0, 0.1) is 13.8 Å². The molecule has 1 nitrogen and oxygen atoms in total. The van der Waals surface area contributed by atoms with Gasteiger partial charge in [0.2, 0.25) is 0 Å². The smallest absolute Gasteiger partial charge is 0.0577 e. The first-order valence-electron chi connectivity index (χ1n) is 2.55. The Labute approximate surface area is 45.7 Å². The zero-order valence-corrected chi connectivity index (χ0v) is 4.81. The third-order valence-electron chi connectivity index (χ3n) is 0.558. The molecular weight excluding hydrogens is 88.1 g/mol. The van der Waals surface area contributed by atoms with E-state index in [0.29, 0.717) is 0 Å². The Morgan fingerprint density at radius 1 is 1.57 bits per heavy atom. The first-order chi connectivity index (χ1) is 3.27. The first kappa shape index (κ1) is 6.96. The molecule has 0 N–H and O–H groups in total. The molecular formula is C6H12O. The van der Waals surface area contributed by atoms with Gasteiger partial charge in [0.15, 0.2) is 0 Å². The highest BCUT2D eigenvalue weighted by Gasteiger charge is 1.87. The van der Waals surface area contributed by atoms with E-state index in [2.05, 4.69) is 20.8 Å². The Balaban J connectivity index is 2.68. The standard InChI is InChI=1S/C6H12O/c1-4-5-7-6(2)3/h6H,2-5H2,1H3. The number of hydrogen-bond donors (Lipinski definition) is 0. The van der Waals surface area contributed by atoms with Crippen LogP contribution in [0.15, 0.2) is 0 Å². The summed E-state index contributed by atoms with van der Waals surface area (Å²) in [5, 5.41) is 0. The molecule has 7 heavy (non-hydrogen) atoms. The lowest BCUT2D eigenvalue weighted by Gasteiger charge is -2.02. The van der Waals surface area contributed by atoms with Crippen molar-refractivity contribution in [2.24, 2.45) is 0 Å². The molecule has 0 fully saturated rings. The number of hydrogen-bond acceptors (Lipinski definition) is 1. The van der Waals surface area contributed by atoms with E-state index < -0.39 is 0 Å². The maximum absolute atomic E-state index is 4.97. The van der Waals surface area contributed by atoms with Gasteiger partial charge in [-0.3, -0.25) is 0 Å². The van der Waals surface area contributed by atoms with Gasteiger partial charge in [0, 0.05) is 6.61 Å². The minimum Gasteiger partial charge on any atom is -0.378 e. The van der Waals surface area contributed by atoms with E-state index in [0.717, 1.165) is 13.0 Å². The maximum atomic E-state index is 4.97. The molecule has 0 spiro atoms. The monoisotopic (exact) mass is 100 g/mol. The Morgan fingerprint density at radius 3 is 2.29 bits per heavy atom. The predicted molar refractivity (Wildman–Crippen MR) is 30.7 cm³/mol. The molecule has 0 aliphatic rings. The van der Waals surface area contributed by atoms with Gasteiger partial charge in [0.05, 0.1) is 6.10 Å². The minimum atomic E-state index is -0.0973. The molecule has 0 amide bonds. The lowest BCUT2D eigenvalue weighted by molar-refractivity contribution is 0.112. The molecule has 0 heterocycles. The number of rotatable bonds is 3. The summed E-state index contributed by atoms with van der Waals surface area (Å²) >= 11 is 0. The normalized spacial score (nSPS) is 10.3. The van der Waals surface area contributed by atoms with Crippen LogP contribution in [0.1, 0.15) is 13.3 Å². The van der Waals surface area contributed by atoms with Crippen molar-refractivity contribution in [3.05, 3.63) is 13.8 Å². The summed E-state index contributed by atoms with van der Waals surface area (Å²) in [7, 11) is 0. The van der Waals surface area contributed by atoms with Gasteiger partial charge in [-0.25, -0.2) is 0 Å². The highest BCUT2D eigenvalue weighted by molar-refractivity contribution is 4.59. The van der Waals surface area contributed by atoms with E-state index >= 15 is 0 Å². The van der Waals surface area contributed by atoms with Gasteiger partial charge in [0.25, 0.3) is 0 Å². The average Bonchev–Trinajstić information content (AvgIpc) is 1.61. The van der Waals surface area contributed by atoms with Crippen molar-refractivity contribution in [1.82, 2.24) is 0 Å². The van der Waals surface area contributed by atoms with Gasteiger partial charge >= 0.3 is 0 Å². The minimum absolute atomic E-state index is 0.0973. The van der Waals surface area contributed by atoms with E-state index in [1.54, 1.807) is 0 Å². The molecule has 42 valence electrons. The molecule has 0 aromatic carbocycles. The molecule has 0 unspecified atom stereocenters. The summed E-state index contributed by atoms with van der Waals surface area (Å²) in [5.41, 5.74) is 0. The lowest BCUT2D eigenvalue weighted by Crippen LogP contribution is -2.02. The fraction of sp³-hybridized carbons (Fsp3) is 0.667. The Kier molecular flexibility index (Phi) is 4.10. The van der Waals surface area contributed by atoms with Gasteiger partial charge < -0.3 is 4.74 Å². The van der Waals surface area contributed by atoms with Crippen molar-refractivity contribution in [3.63, 3.8) is 0 Å². The van der Waals surface area contributed by atoms with Gasteiger partial charge in [-0.05, 0) is 20.3 Å². The molecule has 0 aromatic heterocycles. The second-order valence-corrected chi connectivity index (χ2v) is 1.49. The molecule has 0 saturated carbocycles. The van der Waals surface area contributed by atoms with E-state index in [4.69, 9.17) is 4.74 Å². The van der Waals surface area contributed by atoms with Crippen molar-refractivity contribution in [2.45, 2.75) is 19.4 Å². The molecule has 0 bridgehead atoms. The van der Waals surface area contributed by atoms with Crippen molar-refractivity contribution in [3.8, 4) is 0 Å². The van der Waals surface area contributed by atoms with Crippen LogP contribution in [0.2, 0.25) is 0 Å². The van der Waals surface area contributed by atoms with Crippen molar-refractivity contribution in [1.29, 1.82) is 0 Å².